The van der Waals surface area contributed by atoms with E-state index in [1.807, 2.05) is 42.1 Å². The van der Waals surface area contributed by atoms with E-state index in [2.05, 4.69) is 4.98 Å². The number of rotatable bonds is 5. The number of fused-ring (bicyclic) bond motifs is 2. The van der Waals surface area contributed by atoms with Crippen molar-refractivity contribution in [3.8, 4) is 11.5 Å². The molecule has 0 spiro atoms. The number of aromatic nitrogens is 2. The Morgan fingerprint density at radius 3 is 2.77 bits per heavy atom. The molecule has 2 aromatic carbocycles. The fourth-order valence-electron chi connectivity index (χ4n) is 3.56. The molecule has 0 bridgehead atoms. The number of carbonyl (C=O) groups excluding carboxylic acids is 1. The normalized spacial score (nSPS) is 12.3. The lowest BCUT2D eigenvalue weighted by atomic mass is 10.1. The number of ether oxygens (including phenoxy) is 2. The molecule has 8 heteroatoms. The number of carbonyl (C=O) groups is 1. The second-order valence-corrected chi connectivity index (χ2v) is 7.29. The Kier molecular flexibility index (Phi) is 4.66. The van der Waals surface area contributed by atoms with Crippen LogP contribution in [0, 0.1) is 0 Å². The third-order valence-corrected chi connectivity index (χ3v) is 5.22. The Morgan fingerprint density at radius 1 is 1.10 bits per heavy atom. The lowest BCUT2D eigenvalue weighted by Crippen LogP contribution is -2.34. The van der Waals surface area contributed by atoms with E-state index in [9.17, 15) is 9.59 Å². The molecular formula is C23H19N3O5. The molecule has 31 heavy (non-hydrogen) atoms. The highest BCUT2D eigenvalue weighted by molar-refractivity contribution is 5.96. The van der Waals surface area contributed by atoms with Gasteiger partial charge in [-0.05, 0) is 29.8 Å². The molecule has 1 amide bonds. The van der Waals surface area contributed by atoms with Gasteiger partial charge in [-0.3, -0.25) is 4.79 Å². The standard InChI is InChI=1S/C23H19N3O5/c1-25-9-8-24-21(25)13-26(12-15-6-7-19-20(10-15)30-14-29-19)22(27)17-11-16-4-2-3-5-18(16)31-23(17)28/h2-11H,12-14H2,1H3. The average molecular weight is 417 g/mol. The molecule has 0 aliphatic carbocycles. The van der Waals surface area contributed by atoms with Crippen molar-refractivity contribution in [2.75, 3.05) is 6.79 Å². The minimum Gasteiger partial charge on any atom is -0.454 e. The predicted octanol–water partition coefficient (Wildman–Crippen LogP) is 3.10. The van der Waals surface area contributed by atoms with Crippen LogP contribution in [0.3, 0.4) is 0 Å². The molecule has 2 aromatic heterocycles. The highest BCUT2D eigenvalue weighted by Gasteiger charge is 2.23. The number of para-hydroxylation sites is 1. The molecule has 3 heterocycles. The van der Waals surface area contributed by atoms with Crippen LogP contribution in [0.15, 0.2) is 70.1 Å². The molecule has 0 N–H and O–H groups in total. The van der Waals surface area contributed by atoms with E-state index in [4.69, 9.17) is 13.9 Å². The van der Waals surface area contributed by atoms with Gasteiger partial charge in [0.2, 0.25) is 6.79 Å². The highest BCUT2D eigenvalue weighted by atomic mass is 16.7. The van der Waals surface area contributed by atoms with Crippen molar-refractivity contribution < 1.29 is 18.7 Å². The smallest absolute Gasteiger partial charge is 0.349 e. The summed E-state index contributed by atoms with van der Waals surface area (Å²) in [5.74, 6) is 1.56. The molecule has 1 aliphatic rings. The first kappa shape index (κ1) is 18.9. The van der Waals surface area contributed by atoms with Gasteiger partial charge in [-0.2, -0.15) is 0 Å². The van der Waals surface area contributed by atoms with Gasteiger partial charge in [-0.1, -0.05) is 24.3 Å². The summed E-state index contributed by atoms with van der Waals surface area (Å²) in [7, 11) is 1.86. The molecule has 1 aliphatic heterocycles. The first-order valence-corrected chi connectivity index (χ1v) is 9.75. The van der Waals surface area contributed by atoms with E-state index < -0.39 is 11.5 Å². The zero-order chi connectivity index (χ0) is 21.4. The molecule has 8 nitrogen and oxygen atoms in total. The number of hydrogen-bond donors (Lipinski definition) is 0. The third kappa shape index (κ3) is 3.63. The van der Waals surface area contributed by atoms with E-state index in [1.54, 1.807) is 35.4 Å². The van der Waals surface area contributed by atoms with Crippen molar-refractivity contribution in [3.05, 3.63) is 88.3 Å². The summed E-state index contributed by atoms with van der Waals surface area (Å²) < 4.78 is 18.0. The number of aryl methyl sites for hydroxylation is 1. The molecule has 0 saturated heterocycles. The summed E-state index contributed by atoms with van der Waals surface area (Å²) in [5, 5.41) is 0.686. The summed E-state index contributed by atoms with van der Waals surface area (Å²) in [5.41, 5.74) is 0.598. The van der Waals surface area contributed by atoms with Crippen LogP contribution in [-0.2, 0) is 20.1 Å². The Labute approximate surface area is 177 Å². The maximum atomic E-state index is 13.5. The largest absolute Gasteiger partial charge is 0.454 e. The Morgan fingerprint density at radius 2 is 1.94 bits per heavy atom. The molecule has 0 atom stereocenters. The maximum absolute atomic E-state index is 13.5. The Balaban J connectivity index is 1.52. The lowest BCUT2D eigenvalue weighted by molar-refractivity contribution is 0.0719. The van der Waals surface area contributed by atoms with Gasteiger partial charge in [0.1, 0.15) is 17.0 Å². The number of amides is 1. The third-order valence-electron chi connectivity index (χ3n) is 5.22. The van der Waals surface area contributed by atoms with E-state index >= 15 is 0 Å². The number of nitrogens with zero attached hydrogens (tertiary/aromatic N) is 3. The van der Waals surface area contributed by atoms with Crippen LogP contribution in [-0.4, -0.2) is 27.2 Å². The van der Waals surface area contributed by atoms with Crippen LogP contribution in [0.5, 0.6) is 11.5 Å². The lowest BCUT2D eigenvalue weighted by Gasteiger charge is -2.22. The van der Waals surface area contributed by atoms with Gasteiger partial charge in [0.05, 0.1) is 6.54 Å². The van der Waals surface area contributed by atoms with Gasteiger partial charge in [0.15, 0.2) is 11.5 Å². The van der Waals surface area contributed by atoms with E-state index in [-0.39, 0.29) is 25.4 Å². The van der Waals surface area contributed by atoms with E-state index in [0.717, 1.165) is 5.56 Å². The fourth-order valence-corrected chi connectivity index (χ4v) is 3.56. The van der Waals surface area contributed by atoms with Crippen LogP contribution in [0.4, 0.5) is 0 Å². The first-order chi connectivity index (χ1) is 15.1. The van der Waals surface area contributed by atoms with Crippen LogP contribution in [0.2, 0.25) is 0 Å². The van der Waals surface area contributed by atoms with Crippen molar-refractivity contribution in [1.29, 1.82) is 0 Å². The summed E-state index contributed by atoms with van der Waals surface area (Å²) in [6.45, 7) is 0.657. The Bertz CT molecular complexity index is 1340. The van der Waals surface area contributed by atoms with Crippen LogP contribution < -0.4 is 15.1 Å². The first-order valence-electron chi connectivity index (χ1n) is 9.75. The Hall–Kier alpha value is -4.07. The molecular weight excluding hydrogens is 398 g/mol. The van der Waals surface area contributed by atoms with Gasteiger partial charge >= 0.3 is 5.63 Å². The molecule has 0 saturated carbocycles. The average Bonchev–Trinajstić information content (AvgIpc) is 3.40. The summed E-state index contributed by atoms with van der Waals surface area (Å²) >= 11 is 0. The molecule has 0 fully saturated rings. The fraction of sp³-hybridized carbons (Fsp3) is 0.174. The van der Waals surface area contributed by atoms with Crippen LogP contribution in [0.25, 0.3) is 11.0 Å². The minimum absolute atomic E-state index is 0.0198. The summed E-state index contributed by atoms with van der Waals surface area (Å²) in [6.07, 6.45) is 3.48. The second kappa shape index (κ2) is 7.64. The monoisotopic (exact) mass is 417 g/mol. The van der Waals surface area contributed by atoms with E-state index in [1.165, 1.54) is 0 Å². The van der Waals surface area contributed by atoms with Gasteiger partial charge in [0, 0.05) is 31.4 Å². The quantitative estimate of drug-likeness (QED) is 0.464. The minimum atomic E-state index is -0.667. The van der Waals surface area contributed by atoms with Crippen molar-refractivity contribution >= 4 is 16.9 Å². The van der Waals surface area contributed by atoms with Crippen molar-refractivity contribution in [1.82, 2.24) is 14.5 Å². The highest BCUT2D eigenvalue weighted by Crippen LogP contribution is 2.33. The second-order valence-electron chi connectivity index (χ2n) is 7.29. The van der Waals surface area contributed by atoms with Crippen molar-refractivity contribution in [2.24, 2.45) is 7.05 Å². The topological polar surface area (TPSA) is 86.8 Å². The van der Waals surface area contributed by atoms with Crippen molar-refractivity contribution in [2.45, 2.75) is 13.1 Å². The molecule has 156 valence electrons. The molecule has 4 aromatic rings. The molecule has 0 radical (unpaired) electrons. The number of hydrogen-bond acceptors (Lipinski definition) is 6. The van der Waals surface area contributed by atoms with Crippen LogP contribution in [0.1, 0.15) is 21.7 Å². The van der Waals surface area contributed by atoms with Gasteiger partial charge < -0.3 is 23.4 Å². The summed E-state index contributed by atoms with van der Waals surface area (Å²) in [6, 6.07) is 14.2. The van der Waals surface area contributed by atoms with Gasteiger partial charge in [0.25, 0.3) is 5.91 Å². The maximum Gasteiger partial charge on any atom is 0.349 e. The zero-order valence-corrected chi connectivity index (χ0v) is 16.8. The zero-order valence-electron chi connectivity index (χ0n) is 16.8. The van der Waals surface area contributed by atoms with Gasteiger partial charge in [-0.15, -0.1) is 0 Å². The van der Waals surface area contributed by atoms with E-state index in [0.29, 0.717) is 28.3 Å². The van der Waals surface area contributed by atoms with Crippen LogP contribution >= 0.6 is 0 Å². The molecule has 0 unspecified atom stereocenters. The number of benzene rings is 2. The number of imidazole rings is 1. The molecule has 5 rings (SSSR count). The van der Waals surface area contributed by atoms with Crippen molar-refractivity contribution in [3.63, 3.8) is 0 Å². The van der Waals surface area contributed by atoms with Gasteiger partial charge in [-0.25, -0.2) is 9.78 Å². The predicted molar refractivity (Wildman–Crippen MR) is 112 cm³/mol. The SMILES string of the molecule is Cn1ccnc1CN(Cc1ccc2c(c1)OCO2)C(=O)c1cc2ccccc2oc1=O. The summed E-state index contributed by atoms with van der Waals surface area (Å²) in [4.78, 5) is 31.9.